The molecule has 0 fully saturated rings. The molecule has 410 valence electrons. The van der Waals surface area contributed by atoms with Gasteiger partial charge in [-0.1, -0.05) is 169 Å². The third-order valence-corrected chi connectivity index (χ3v) is 16.1. The van der Waals surface area contributed by atoms with Crippen LogP contribution >= 0.6 is 0 Å². The van der Waals surface area contributed by atoms with Crippen LogP contribution in [0.1, 0.15) is 54.1 Å². The molecule has 0 aliphatic carbocycles. The van der Waals surface area contributed by atoms with Gasteiger partial charge in [-0.15, -0.1) is 0 Å². The number of hydrogen-bond acceptors (Lipinski definition) is 6. The molecule has 0 aromatic heterocycles. The molecule has 0 atom stereocenters. The van der Waals surface area contributed by atoms with E-state index in [1.165, 1.54) is 0 Å². The van der Waals surface area contributed by atoms with E-state index in [-0.39, 0.29) is 11.1 Å². The Morgan fingerprint density at radius 1 is 0.227 bits per heavy atom. The van der Waals surface area contributed by atoms with Crippen LogP contribution in [0.25, 0.3) is 43.1 Å². The van der Waals surface area contributed by atoms with Crippen LogP contribution < -0.4 is 14.7 Å². The molecule has 1 aliphatic rings. The van der Waals surface area contributed by atoms with Gasteiger partial charge in [0.25, 0.3) is 0 Å². The third-order valence-electron chi connectivity index (χ3n) is 16.1. The molecular weight excluding hydrogens is 1070 g/mol. The van der Waals surface area contributed by atoms with E-state index in [0.29, 0.717) is 16.5 Å². The molecule has 0 bridgehead atoms. The molecule has 14 aromatic carbocycles. The minimum Gasteiger partial charge on any atom is -0.386 e. The molecule has 0 amide bonds. The zero-order valence-corrected chi connectivity index (χ0v) is 47.4. The molecule has 0 saturated heterocycles. The number of nitrogens with zero attached hydrogens (tertiary/aromatic N) is 3. The fraction of sp³-hybridized carbons (Fsp3) is 0. The number of carbonyl (C=O) groups excluding carboxylic acids is 2. The molecule has 6 nitrogen and oxygen atoms in total. The lowest BCUT2D eigenvalue weighted by molar-refractivity contribution is 0.0391. The number of esters is 2. The van der Waals surface area contributed by atoms with Crippen LogP contribution in [0, 0.1) is 35.5 Å². The number of hydrogen-bond donors (Lipinski definition) is 0. The summed E-state index contributed by atoms with van der Waals surface area (Å²) in [4.78, 5) is 34.9. The first-order valence-electron chi connectivity index (χ1n) is 29.1. The van der Waals surface area contributed by atoms with E-state index in [4.69, 9.17) is 4.74 Å². The molecule has 15 rings (SSSR count). The van der Waals surface area contributed by atoms with Gasteiger partial charge < -0.3 is 19.4 Å². The first-order valence-corrected chi connectivity index (χ1v) is 29.1. The van der Waals surface area contributed by atoms with Gasteiger partial charge in [-0.2, -0.15) is 0 Å². The fourth-order valence-corrected chi connectivity index (χ4v) is 12.1. The zero-order valence-electron chi connectivity index (χ0n) is 47.4. The van der Waals surface area contributed by atoms with E-state index < -0.39 is 11.9 Å². The maximum Gasteiger partial charge on any atom is 0.346 e. The molecule has 0 N–H and O–H groups in total. The van der Waals surface area contributed by atoms with E-state index in [2.05, 4.69) is 220 Å². The second-order valence-corrected chi connectivity index (χ2v) is 21.4. The van der Waals surface area contributed by atoms with Crippen molar-refractivity contribution in [3.63, 3.8) is 0 Å². The summed E-state index contributed by atoms with van der Waals surface area (Å²) in [6.45, 7) is 0. The van der Waals surface area contributed by atoms with Crippen molar-refractivity contribution in [1.29, 1.82) is 0 Å². The number of benzene rings is 14. The monoisotopic (exact) mass is 1120 g/mol. The van der Waals surface area contributed by atoms with Crippen LogP contribution in [0.4, 0.5) is 51.2 Å². The van der Waals surface area contributed by atoms with Gasteiger partial charge in [0.2, 0.25) is 0 Å². The van der Waals surface area contributed by atoms with Crippen molar-refractivity contribution in [2.75, 3.05) is 14.7 Å². The first kappa shape index (κ1) is 52.4. The molecule has 1 heterocycles. The lowest BCUT2D eigenvalue weighted by Crippen LogP contribution is -2.20. The predicted octanol–water partition coefficient (Wildman–Crippen LogP) is 19.7. The molecule has 0 spiro atoms. The highest BCUT2D eigenvalue weighted by molar-refractivity contribution is 6.39. The summed E-state index contributed by atoms with van der Waals surface area (Å²) in [6.07, 6.45) is 0. The highest BCUT2D eigenvalue weighted by Gasteiger charge is 2.32. The van der Waals surface area contributed by atoms with E-state index >= 15 is 0 Å². The van der Waals surface area contributed by atoms with Gasteiger partial charge in [0, 0.05) is 106 Å². The van der Waals surface area contributed by atoms with Crippen LogP contribution in [-0.4, -0.2) is 11.9 Å². The third kappa shape index (κ3) is 9.74. The van der Waals surface area contributed by atoms with Crippen LogP contribution in [-0.2, 0) is 4.74 Å². The van der Waals surface area contributed by atoms with Gasteiger partial charge in [0.15, 0.2) is 0 Å². The number of anilines is 9. The maximum absolute atomic E-state index is 14.1. The van der Waals surface area contributed by atoms with Gasteiger partial charge in [0.05, 0.1) is 11.1 Å². The first-order chi connectivity index (χ1) is 43.5. The van der Waals surface area contributed by atoms with Crippen molar-refractivity contribution >= 4 is 106 Å². The molecule has 1 aliphatic heterocycles. The normalized spacial score (nSPS) is 11.5. The SMILES string of the molecule is O=C1OC(=O)c2cc(C#Cc3ccc(N(c4ccccc4)c4ccccc4)cc3)c3c4ccc(C#Cc5ccc(N(c6ccccc6)c6ccccc6)cc5)c5cccc(c6c(C#Cc7ccc(N(c8ccccc8)c8ccccc8)cc7)cc1c2c63)c54. The Labute approximate surface area is 509 Å². The predicted molar refractivity (Wildman–Crippen MR) is 359 cm³/mol. The van der Waals surface area contributed by atoms with E-state index in [9.17, 15) is 9.59 Å². The molecule has 0 radical (unpaired) electrons. The Bertz CT molecular complexity index is 4850. The van der Waals surface area contributed by atoms with Gasteiger partial charge in [-0.25, -0.2) is 9.59 Å². The molecule has 6 heteroatoms. The van der Waals surface area contributed by atoms with E-state index in [0.717, 1.165) is 111 Å². The van der Waals surface area contributed by atoms with Crippen molar-refractivity contribution in [1.82, 2.24) is 0 Å². The van der Waals surface area contributed by atoms with Crippen molar-refractivity contribution in [3.8, 4) is 35.5 Å². The van der Waals surface area contributed by atoms with Gasteiger partial charge in [-0.3, -0.25) is 0 Å². The summed E-state index contributed by atoms with van der Waals surface area (Å²) < 4.78 is 5.55. The van der Waals surface area contributed by atoms with Crippen molar-refractivity contribution in [2.24, 2.45) is 0 Å². The van der Waals surface area contributed by atoms with Crippen molar-refractivity contribution in [3.05, 3.63) is 342 Å². The fourth-order valence-electron chi connectivity index (χ4n) is 12.1. The highest BCUT2D eigenvalue weighted by atomic mass is 16.6. The van der Waals surface area contributed by atoms with Crippen molar-refractivity contribution < 1.29 is 14.3 Å². The number of ether oxygens (including phenoxy) is 1. The summed E-state index contributed by atoms with van der Waals surface area (Å²) in [5.41, 5.74) is 14.2. The zero-order chi connectivity index (χ0) is 58.9. The van der Waals surface area contributed by atoms with Crippen LogP contribution in [0.5, 0.6) is 0 Å². The standard InChI is InChI=1S/C82H49N3O3/c86-81-74-54-60(44-35-57-39-49-69(50-40-57)84(64-24-11-3-12-25-64)65-26-13-4-14-27-65)76-72-33-19-32-71-59(43-34-56-37-47-68(48-38-56)83(62-20-7-1-8-21-62)63-22-9-2-10-23-63)46-53-73(78(71)72)77-61(55-75(82(87)88-81)79(74)80(76)77)45-36-58-41-51-70(52-42-58)85(66-28-15-5-16-29-66)67-30-17-6-18-31-67/h1-33,37-42,46-55H. The quantitative estimate of drug-likeness (QED) is 0.0472. The second-order valence-electron chi connectivity index (χ2n) is 21.4. The lowest BCUT2D eigenvalue weighted by atomic mass is 9.81. The minimum absolute atomic E-state index is 0.270. The Morgan fingerprint density at radius 2 is 0.523 bits per heavy atom. The second kappa shape index (κ2) is 22.6. The van der Waals surface area contributed by atoms with Gasteiger partial charge in [0.1, 0.15) is 0 Å². The Morgan fingerprint density at radius 3 is 0.864 bits per heavy atom. The van der Waals surface area contributed by atoms with Crippen molar-refractivity contribution in [2.45, 2.75) is 0 Å². The van der Waals surface area contributed by atoms with Crippen LogP contribution in [0.15, 0.2) is 297 Å². The topological polar surface area (TPSA) is 53.1 Å². The minimum atomic E-state index is -0.723. The van der Waals surface area contributed by atoms with E-state index in [1.54, 1.807) is 12.1 Å². The van der Waals surface area contributed by atoms with Gasteiger partial charge >= 0.3 is 11.9 Å². The Kier molecular flexibility index (Phi) is 13.5. The molecule has 0 saturated carbocycles. The molecular formula is C82H49N3O3. The smallest absolute Gasteiger partial charge is 0.346 e. The Hall–Kier alpha value is -12.4. The molecule has 88 heavy (non-hydrogen) atoms. The lowest BCUT2D eigenvalue weighted by Gasteiger charge is -2.25. The van der Waals surface area contributed by atoms with E-state index in [1.807, 2.05) is 115 Å². The largest absolute Gasteiger partial charge is 0.386 e. The summed E-state index contributed by atoms with van der Waals surface area (Å²) in [6, 6.07) is 101. The summed E-state index contributed by atoms with van der Waals surface area (Å²) in [5.74, 6) is 19.7. The molecule has 0 unspecified atom stereocenters. The van der Waals surface area contributed by atoms with Gasteiger partial charge in [-0.05, 0) is 185 Å². The number of carbonyl (C=O) groups is 2. The van der Waals surface area contributed by atoms with Crippen LogP contribution in [0.3, 0.4) is 0 Å². The summed E-state index contributed by atoms with van der Waals surface area (Å²) >= 11 is 0. The Balaban J connectivity index is 0.894. The number of cyclic esters (lactones) is 2. The van der Waals surface area contributed by atoms with Crippen LogP contribution in [0.2, 0.25) is 0 Å². The average Bonchev–Trinajstić information content (AvgIpc) is 0.767. The maximum atomic E-state index is 14.1. The highest BCUT2D eigenvalue weighted by Crippen LogP contribution is 2.47. The summed E-state index contributed by atoms with van der Waals surface area (Å²) in [5, 5.41) is 6.57. The number of rotatable bonds is 9. The summed E-state index contributed by atoms with van der Waals surface area (Å²) in [7, 11) is 0. The number of para-hydroxylation sites is 6. The average molecular weight is 1120 g/mol. The molecule has 14 aromatic rings. The number of fused-ring (bicyclic) bond motifs is 2.